The second-order valence-corrected chi connectivity index (χ2v) is 5.93. The van der Waals surface area contributed by atoms with Crippen molar-refractivity contribution in [3.63, 3.8) is 0 Å². The molecule has 0 unspecified atom stereocenters. The Bertz CT molecular complexity index is 475. The van der Waals surface area contributed by atoms with Crippen LogP contribution in [-0.4, -0.2) is 41.2 Å². The quantitative estimate of drug-likeness (QED) is 0.639. The van der Waals surface area contributed by atoms with E-state index in [0.29, 0.717) is 0 Å². The third kappa shape index (κ3) is 0.914. The summed E-state index contributed by atoms with van der Waals surface area (Å²) in [6, 6.07) is 6.91. The van der Waals surface area contributed by atoms with Gasteiger partial charge in [-0.2, -0.15) is 0 Å². The molecule has 1 aromatic carbocycles. The summed E-state index contributed by atoms with van der Waals surface area (Å²) >= 11 is 0. The van der Waals surface area contributed by atoms with E-state index in [4.69, 9.17) is 0 Å². The normalized spacial score (nSPS) is 29.3. The lowest BCUT2D eigenvalue weighted by molar-refractivity contribution is -0.315. The zero-order chi connectivity index (χ0) is 11.7. The first-order valence-electron chi connectivity index (χ1n) is 7.17. The molecule has 4 aliphatic rings. The molecule has 18 heavy (non-hydrogen) atoms. The lowest BCUT2D eigenvalue weighted by Crippen LogP contribution is -2.78. The van der Waals surface area contributed by atoms with Crippen molar-refractivity contribution in [1.82, 2.24) is 19.8 Å². The van der Waals surface area contributed by atoms with Crippen LogP contribution in [-0.2, 0) is 13.1 Å². The molecule has 1 aromatic rings. The molecule has 4 heterocycles. The van der Waals surface area contributed by atoms with Crippen LogP contribution in [0.3, 0.4) is 0 Å². The van der Waals surface area contributed by atoms with Crippen LogP contribution in [0.5, 0.6) is 0 Å². The second kappa shape index (κ2) is 3.14. The predicted octanol–water partition coefficient (Wildman–Crippen LogP) is 1.48. The van der Waals surface area contributed by atoms with E-state index in [1.54, 1.807) is 16.8 Å². The minimum absolute atomic E-state index is 0.964. The lowest BCUT2D eigenvalue weighted by atomic mass is 10.1. The fraction of sp³-hybridized carbons (Fsp3) is 0.571. The maximum Gasteiger partial charge on any atom is 0.202 e. The molecule has 0 bridgehead atoms. The summed E-state index contributed by atoms with van der Waals surface area (Å²) in [7, 11) is 0. The van der Waals surface area contributed by atoms with Crippen LogP contribution in [0.4, 0.5) is 5.69 Å². The monoisotopic (exact) mass is 243 g/mol. The molecule has 2 fully saturated rings. The van der Waals surface area contributed by atoms with Gasteiger partial charge in [-0.15, -0.1) is 15.0 Å². The van der Waals surface area contributed by atoms with E-state index in [0.717, 1.165) is 17.9 Å². The molecule has 0 N–H and O–H groups in total. The van der Waals surface area contributed by atoms with Crippen molar-refractivity contribution in [1.29, 1.82) is 0 Å². The van der Waals surface area contributed by atoms with Gasteiger partial charge in [0, 0.05) is 11.1 Å². The molecular weight excluding hydrogens is 224 g/mol. The van der Waals surface area contributed by atoms with E-state index >= 15 is 0 Å². The van der Waals surface area contributed by atoms with Crippen molar-refractivity contribution < 1.29 is 0 Å². The number of hydrogen-bond donors (Lipinski definition) is 0. The number of hydrogen-bond acceptors (Lipinski definition) is 3. The maximum atomic E-state index is 2.69. The predicted molar refractivity (Wildman–Crippen MR) is 69.9 cm³/mol. The van der Waals surface area contributed by atoms with Gasteiger partial charge in [-0.1, -0.05) is 23.0 Å². The van der Waals surface area contributed by atoms with Crippen LogP contribution in [0, 0.1) is 0 Å². The largest absolute Gasteiger partial charge is 0.202 e. The first-order chi connectivity index (χ1) is 8.90. The number of rotatable bonds is 0. The Kier molecular flexibility index (Phi) is 1.73. The summed E-state index contributed by atoms with van der Waals surface area (Å²) in [5, 5.41) is 8.03. The van der Waals surface area contributed by atoms with Crippen molar-refractivity contribution >= 4 is 5.69 Å². The Morgan fingerprint density at radius 2 is 1.33 bits per heavy atom. The summed E-state index contributed by atoms with van der Waals surface area (Å²) in [5.41, 5.74) is 4.71. The van der Waals surface area contributed by atoms with E-state index in [-0.39, 0.29) is 0 Å². The Hall–Kier alpha value is -0.940. The number of nitrogens with zero attached hydrogens (tertiary/aromatic N) is 4. The highest BCUT2D eigenvalue weighted by Crippen LogP contribution is 2.51. The molecule has 0 saturated carbocycles. The van der Waals surface area contributed by atoms with Crippen LogP contribution in [0.15, 0.2) is 18.2 Å². The van der Waals surface area contributed by atoms with Crippen molar-refractivity contribution in [3.05, 3.63) is 29.3 Å². The molecule has 0 amide bonds. The standard InChI is InChI=1S/C14H19N4/c1-4-12-10-16-8-2-6-15-7-3-9-17-11-13(5-1)14(12)18(15,16)17/h1,4-5H,2-3,6-11H2/q+1. The van der Waals surface area contributed by atoms with Crippen LogP contribution in [0.25, 0.3) is 0 Å². The molecule has 4 heteroatoms. The van der Waals surface area contributed by atoms with Gasteiger partial charge in [0.05, 0.1) is 39.3 Å². The third-order valence-corrected chi connectivity index (χ3v) is 5.06. The fourth-order valence-corrected chi connectivity index (χ4v) is 4.54. The minimum atomic E-state index is 0.964. The van der Waals surface area contributed by atoms with Crippen LogP contribution >= 0.6 is 0 Å². The van der Waals surface area contributed by atoms with Gasteiger partial charge in [0.15, 0.2) is 0 Å². The Morgan fingerprint density at radius 1 is 0.778 bits per heavy atom. The molecule has 0 aliphatic carbocycles. The molecule has 4 aliphatic heterocycles. The SMILES string of the molecule is c1cc2c3c(c1)CN1CCCN4CCCN(C2)[N+]341. The summed E-state index contributed by atoms with van der Waals surface area (Å²) in [6.45, 7) is 7.25. The van der Waals surface area contributed by atoms with Gasteiger partial charge in [0.1, 0.15) is 0 Å². The van der Waals surface area contributed by atoms with Crippen molar-refractivity contribution in [2.45, 2.75) is 25.9 Å². The highest BCUT2D eigenvalue weighted by atomic mass is 16.2. The number of quaternary nitrogens is 1. The molecule has 0 aromatic heterocycles. The topological polar surface area (TPSA) is 9.72 Å². The average molecular weight is 243 g/mol. The molecule has 1 spiro atoms. The summed E-state index contributed by atoms with van der Waals surface area (Å²) in [5.74, 6) is 0. The van der Waals surface area contributed by atoms with Gasteiger partial charge in [-0.3, -0.25) is 0 Å². The summed E-state index contributed by atoms with van der Waals surface area (Å²) in [4.78, 5) is 0.964. The van der Waals surface area contributed by atoms with E-state index in [2.05, 4.69) is 33.2 Å². The highest BCUT2D eigenvalue weighted by Gasteiger charge is 2.63. The van der Waals surface area contributed by atoms with Crippen molar-refractivity contribution in [2.75, 3.05) is 26.2 Å². The Labute approximate surface area is 107 Å². The average Bonchev–Trinajstić information content (AvgIpc) is 2.91. The van der Waals surface area contributed by atoms with E-state index in [1.165, 1.54) is 39.0 Å². The van der Waals surface area contributed by atoms with E-state index < -0.39 is 0 Å². The zero-order valence-electron chi connectivity index (χ0n) is 10.7. The Balaban J connectivity index is 1.81. The van der Waals surface area contributed by atoms with E-state index in [9.17, 15) is 0 Å². The molecule has 2 saturated heterocycles. The number of benzene rings is 1. The summed E-state index contributed by atoms with van der Waals surface area (Å²) in [6.07, 6.45) is 2.63. The summed E-state index contributed by atoms with van der Waals surface area (Å²) < 4.78 is 0. The molecule has 94 valence electrons. The van der Waals surface area contributed by atoms with Gasteiger partial charge in [0.25, 0.3) is 0 Å². The first-order valence-corrected chi connectivity index (χ1v) is 7.17. The van der Waals surface area contributed by atoms with E-state index in [1.807, 2.05) is 0 Å². The van der Waals surface area contributed by atoms with Gasteiger partial charge >= 0.3 is 0 Å². The molecule has 5 rings (SSSR count). The maximum absolute atomic E-state index is 2.69. The van der Waals surface area contributed by atoms with Crippen molar-refractivity contribution in [3.8, 4) is 0 Å². The molecule has 0 atom stereocenters. The van der Waals surface area contributed by atoms with Crippen LogP contribution in [0.1, 0.15) is 24.0 Å². The van der Waals surface area contributed by atoms with Gasteiger partial charge in [-0.25, -0.2) is 0 Å². The fourth-order valence-electron chi connectivity index (χ4n) is 4.54. The second-order valence-electron chi connectivity index (χ2n) is 5.93. The van der Waals surface area contributed by atoms with Gasteiger partial charge in [-0.05, 0) is 12.8 Å². The minimum Gasteiger partial charge on any atom is -0.111 e. The molecule has 0 radical (unpaired) electrons. The molecular formula is C14H19N4+. The van der Waals surface area contributed by atoms with Crippen LogP contribution < -0.4 is 4.81 Å². The third-order valence-electron chi connectivity index (χ3n) is 5.06. The smallest absolute Gasteiger partial charge is 0.111 e. The van der Waals surface area contributed by atoms with Gasteiger partial charge < -0.3 is 0 Å². The Morgan fingerprint density at radius 3 is 1.94 bits per heavy atom. The zero-order valence-corrected chi connectivity index (χ0v) is 10.7. The van der Waals surface area contributed by atoms with Crippen LogP contribution in [0.2, 0.25) is 0 Å². The van der Waals surface area contributed by atoms with Crippen molar-refractivity contribution in [2.24, 2.45) is 0 Å². The molecule has 4 nitrogen and oxygen atoms in total. The lowest BCUT2D eigenvalue weighted by Gasteiger charge is -2.53. The highest BCUT2D eigenvalue weighted by molar-refractivity contribution is 5.61. The first kappa shape index (κ1) is 9.92. The van der Waals surface area contributed by atoms with Gasteiger partial charge in [0.2, 0.25) is 5.69 Å².